The highest BCUT2D eigenvalue weighted by molar-refractivity contribution is 8.00. The van der Waals surface area contributed by atoms with Gasteiger partial charge in [-0.1, -0.05) is 12.1 Å². The van der Waals surface area contributed by atoms with E-state index < -0.39 is 0 Å². The molecule has 28 heavy (non-hydrogen) atoms. The molecular weight excluding hydrogens is 370 g/mol. The van der Waals surface area contributed by atoms with Gasteiger partial charge in [-0.3, -0.25) is 4.99 Å². The van der Waals surface area contributed by atoms with Gasteiger partial charge in [0.1, 0.15) is 5.75 Å². The molecule has 1 aromatic rings. The second-order valence-electron chi connectivity index (χ2n) is 8.28. The van der Waals surface area contributed by atoms with Crippen LogP contribution in [0, 0.1) is 0 Å². The summed E-state index contributed by atoms with van der Waals surface area (Å²) < 4.78 is 11.6. The minimum Gasteiger partial charge on any atom is -0.494 e. The highest BCUT2D eigenvalue weighted by atomic mass is 32.2. The monoisotopic (exact) mass is 405 g/mol. The van der Waals surface area contributed by atoms with Crippen molar-refractivity contribution in [2.45, 2.75) is 43.8 Å². The summed E-state index contributed by atoms with van der Waals surface area (Å²) in [6.07, 6.45) is 2.04. The third kappa shape index (κ3) is 5.15. The van der Waals surface area contributed by atoms with Crippen molar-refractivity contribution in [2.75, 3.05) is 52.3 Å². The minimum atomic E-state index is 0.0684. The summed E-state index contributed by atoms with van der Waals surface area (Å²) in [7, 11) is 1.89. The predicted molar refractivity (Wildman–Crippen MR) is 119 cm³/mol. The summed E-state index contributed by atoms with van der Waals surface area (Å²) in [5.74, 6) is 3.10. The Morgan fingerprint density at radius 2 is 1.96 bits per heavy atom. The first kappa shape index (κ1) is 21.3. The zero-order valence-corrected chi connectivity index (χ0v) is 18.6. The summed E-state index contributed by atoms with van der Waals surface area (Å²) in [4.78, 5) is 7.00. The van der Waals surface area contributed by atoms with Crippen molar-refractivity contribution in [3.63, 3.8) is 0 Å². The van der Waals surface area contributed by atoms with E-state index in [1.807, 2.05) is 25.7 Å². The Morgan fingerprint density at radius 3 is 2.57 bits per heavy atom. The molecule has 2 heterocycles. The maximum atomic E-state index is 5.69. The van der Waals surface area contributed by atoms with Gasteiger partial charge >= 0.3 is 0 Å². The van der Waals surface area contributed by atoms with Crippen molar-refractivity contribution in [2.24, 2.45) is 4.99 Å². The third-order valence-corrected chi connectivity index (χ3v) is 7.05. The number of nitrogens with zero attached hydrogens (tertiary/aromatic N) is 2. The van der Waals surface area contributed by atoms with Crippen LogP contribution in [-0.4, -0.2) is 67.9 Å². The fourth-order valence-electron chi connectivity index (χ4n) is 4.18. The molecule has 0 radical (unpaired) electrons. The van der Waals surface area contributed by atoms with Crippen LogP contribution in [0.25, 0.3) is 0 Å². The van der Waals surface area contributed by atoms with E-state index in [0.717, 1.165) is 63.2 Å². The topological polar surface area (TPSA) is 46.1 Å². The predicted octanol–water partition coefficient (Wildman–Crippen LogP) is 3.54. The van der Waals surface area contributed by atoms with Gasteiger partial charge in [0.25, 0.3) is 0 Å². The standard InChI is InChI=1S/C22H35N3O2S/c1-5-27-19-8-6-18(7-9-19)22(10-13-26-14-11-22)16-24-20(23-4)25-12-15-28-21(2,3)17-25/h6-9H,5,10-17H2,1-4H3,(H,23,24). The number of ether oxygens (including phenoxy) is 2. The van der Waals surface area contributed by atoms with Gasteiger partial charge in [0.2, 0.25) is 0 Å². The van der Waals surface area contributed by atoms with Gasteiger partial charge in [0.05, 0.1) is 6.61 Å². The number of thioether (sulfide) groups is 1. The lowest BCUT2D eigenvalue weighted by molar-refractivity contribution is 0.0511. The lowest BCUT2D eigenvalue weighted by Crippen LogP contribution is -2.54. The molecule has 2 saturated heterocycles. The van der Waals surface area contributed by atoms with Crippen LogP contribution < -0.4 is 10.1 Å². The molecule has 0 bridgehead atoms. The number of benzene rings is 1. The molecule has 0 aromatic heterocycles. The smallest absolute Gasteiger partial charge is 0.193 e. The van der Waals surface area contributed by atoms with Crippen molar-refractivity contribution < 1.29 is 9.47 Å². The van der Waals surface area contributed by atoms with Crippen molar-refractivity contribution >= 4 is 17.7 Å². The SMILES string of the molecule is CCOc1ccc(C2(CNC(=NC)N3CCSC(C)(C)C3)CCOCC2)cc1. The van der Waals surface area contributed by atoms with Crippen molar-refractivity contribution in [3.8, 4) is 5.75 Å². The van der Waals surface area contributed by atoms with Crippen LogP contribution in [0.1, 0.15) is 39.2 Å². The first-order chi connectivity index (χ1) is 13.5. The van der Waals surface area contributed by atoms with Crippen LogP contribution in [0.5, 0.6) is 5.75 Å². The second-order valence-corrected chi connectivity index (χ2v) is 10.1. The van der Waals surface area contributed by atoms with E-state index >= 15 is 0 Å². The Labute approximate surface area is 174 Å². The molecule has 0 atom stereocenters. The van der Waals surface area contributed by atoms with Gasteiger partial charge in [0, 0.05) is 55.8 Å². The first-order valence-corrected chi connectivity index (χ1v) is 11.4. The molecule has 0 unspecified atom stereocenters. The van der Waals surface area contributed by atoms with E-state index in [1.165, 1.54) is 5.56 Å². The van der Waals surface area contributed by atoms with E-state index in [4.69, 9.17) is 9.47 Å². The van der Waals surface area contributed by atoms with Crippen LogP contribution in [0.4, 0.5) is 0 Å². The zero-order chi connectivity index (χ0) is 20.0. The molecule has 0 aliphatic carbocycles. The van der Waals surface area contributed by atoms with E-state index in [0.29, 0.717) is 6.61 Å². The van der Waals surface area contributed by atoms with Crippen molar-refractivity contribution in [3.05, 3.63) is 29.8 Å². The van der Waals surface area contributed by atoms with E-state index in [9.17, 15) is 0 Å². The third-order valence-electron chi connectivity index (χ3n) is 5.75. The summed E-state index contributed by atoms with van der Waals surface area (Å²) in [5, 5.41) is 3.71. The molecule has 1 aromatic carbocycles. The Bertz CT molecular complexity index is 654. The average Bonchev–Trinajstić information content (AvgIpc) is 2.69. The first-order valence-electron chi connectivity index (χ1n) is 10.4. The average molecular weight is 406 g/mol. The fraction of sp³-hybridized carbons (Fsp3) is 0.682. The van der Waals surface area contributed by atoms with Gasteiger partial charge in [0.15, 0.2) is 5.96 Å². The number of hydrogen-bond donors (Lipinski definition) is 1. The highest BCUT2D eigenvalue weighted by Gasteiger charge is 2.36. The van der Waals surface area contributed by atoms with Crippen LogP contribution in [0.2, 0.25) is 0 Å². The summed E-state index contributed by atoms with van der Waals surface area (Å²) in [5.41, 5.74) is 1.43. The Balaban J connectivity index is 1.73. The van der Waals surface area contributed by atoms with Gasteiger partial charge in [-0.15, -0.1) is 0 Å². The van der Waals surface area contributed by atoms with Gasteiger partial charge in [-0.05, 0) is 51.3 Å². The van der Waals surface area contributed by atoms with Crippen LogP contribution in [0.3, 0.4) is 0 Å². The lowest BCUT2D eigenvalue weighted by atomic mass is 9.74. The fourth-order valence-corrected chi connectivity index (χ4v) is 5.29. The number of rotatable bonds is 5. The normalized spacial score (nSPS) is 22.0. The van der Waals surface area contributed by atoms with Crippen LogP contribution >= 0.6 is 11.8 Å². The molecule has 1 N–H and O–H groups in total. The van der Waals surface area contributed by atoms with Gasteiger partial charge < -0.3 is 19.7 Å². The molecule has 0 amide bonds. The molecule has 2 aliphatic heterocycles. The largest absolute Gasteiger partial charge is 0.494 e. The molecule has 0 spiro atoms. The Morgan fingerprint density at radius 1 is 1.25 bits per heavy atom. The quantitative estimate of drug-likeness (QED) is 0.600. The summed E-state index contributed by atoms with van der Waals surface area (Å²) >= 11 is 2.05. The molecule has 156 valence electrons. The summed E-state index contributed by atoms with van der Waals surface area (Å²) in [6, 6.07) is 8.63. The van der Waals surface area contributed by atoms with Crippen molar-refractivity contribution in [1.29, 1.82) is 0 Å². The van der Waals surface area contributed by atoms with E-state index in [2.05, 4.69) is 53.3 Å². The van der Waals surface area contributed by atoms with Gasteiger partial charge in [-0.2, -0.15) is 11.8 Å². The maximum Gasteiger partial charge on any atom is 0.193 e. The number of nitrogens with one attached hydrogen (secondary N) is 1. The zero-order valence-electron chi connectivity index (χ0n) is 17.8. The molecule has 2 aliphatic rings. The van der Waals surface area contributed by atoms with Crippen LogP contribution in [0.15, 0.2) is 29.3 Å². The molecule has 6 heteroatoms. The lowest BCUT2D eigenvalue weighted by Gasteiger charge is -2.42. The molecule has 5 nitrogen and oxygen atoms in total. The molecular formula is C22H35N3O2S. The van der Waals surface area contributed by atoms with Crippen molar-refractivity contribution in [1.82, 2.24) is 10.2 Å². The molecule has 3 rings (SSSR count). The van der Waals surface area contributed by atoms with E-state index in [1.54, 1.807) is 0 Å². The van der Waals surface area contributed by atoms with E-state index in [-0.39, 0.29) is 10.2 Å². The maximum absolute atomic E-state index is 5.69. The number of aliphatic imine (C=N–C) groups is 1. The Kier molecular flexibility index (Phi) is 7.15. The number of guanidine groups is 1. The highest BCUT2D eigenvalue weighted by Crippen LogP contribution is 2.35. The summed E-state index contributed by atoms with van der Waals surface area (Å²) in [6.45, 7) is 11.9. The minimum absolute atomic E-state index is 0.0684. The second kappa shape index (κ2) is 9.40. The van der Waals surface area contributed by atoms with Crippen LogP contribution in [-0.2, 0) is 10.2 Å². The Hall–Kier alpha value is -1.40. The van der Waals surface area contributed by atoms with Gasteiger partial charge in [-0.25, -0.2) is 0 Å². The molecule has 2 fully saturated rings. The number of hydrogen-bond acceptors (Lipinski definition) is 4. The molecule has 0 saturated carbocycles.